The molecular weight excluding hydrogens is 314 g/mol. The maximum absolute atomic E-state index is 13.0. The Morgan fingerprint density at radius 3 is 2.43 bits per heavy atom. The zero-order chi connectivity index (χ0) is 16.9. The van der Waals surface area contributed by atoms with Crippen molar-refractivity contribution in [1.29, 1.82) is 0 Å². The lowest BCUT2D eigenvalue weighted by molar-refractivity contribution is 0.246. The van der Waals surface area contributed by atoms with E-state index in [1.807, 2.05) is 20.8 Å². The third kappa shape index (κ3) is 3.98. The SMILES string of the molecule is CCOc1ccc(S(=O)(=O)N2CCCCC2CC)cc1OCC. The highest BCUT2D eigenvalue weighted by Gasteiger charge is 2.33. The quantitative estimate of drug-likeness (QED) is 0.762. The highest BCUT2D eigenvalue weighted by atomic mass is 32.2. The average molecular weight is 341 g/mol. The molecule has 0 aromatic heterocycles. The van der Waals surface area contributed by atoms with Crippen LogP contribution in [0.2, 0.25) is 0 Å². The highest BCUT2D eigenvalue weighted by molar-refractivity contribution is 7.89. The third-order valence-electron chi connectivity index (χ3n) is 4.17. The fraction of sp³-hybridized carbons (Fsp3) is 0.647. The van der Waals surface area contributed by atoms with Crippen molar-refractivity contribution in [1.82, 2.24) is 4.31 Å². The molecule has 1 heterocycles. The lowest BCUT2D eigenvalue weighted by atomic mass is 10.0. The summed E-state index contributed by atoms with van der Waals surface area (Å²) in [6.07, 6.45) is 3.79. The van der Waals surface area contributed by atoms with Gasteiger partial charge in [0.25, 0.3) is 0 Å². The maximum Gasteiger partial charge on any atom is 0.243 e. The molecule has 1 aliphatic rings. The Morgan fingerprint density at radius 2 is 1.78 bits per heavy atom. The second-order valence-electron chi connectivity index (χ2n) is 5.65. The summed E-state index contributed by atoms with van der Waals surface area (Å²) in [7, 11) is -3.50. The van der Waals surface area contributed by atoms with Crippen LogP contribution in [0, 0.1) is 0 Å². The number of benzene rings is 1. The molecule has 0 radical (unpaired) electrons. The van der Waals surface area contributed by atoms with Gasteiger partial charge in [-0.1, -0.05) is 13.3 Å². The molecule has 1 unspecified atom stereocenters. The summed E-state index contributed by atoms with van der Waals surface area (Å²) in [4.78, 5) is 0.282. The van der Waals surface area contributed by atoms with Gasteiger partial charge in [0.2, 0.25) is 10.0 Å². The third-order valence-corrected chi connectivity index (χ3v) is 6.11. The normalized spacial score (nSPS) is 19.5. The number of hydrogen-bond donors (Lipinski definition) is 0. The molecule has 1 saturated heterocycles. The van der Waals surface area contributed by atoms with Crippen molar-refractivity contribution in [2.75, 3.05) is 19.8 Å². The molecule has 1 atom stereocenters. The van der Waals surface area contributed by atoms with Crippen LogP contribution in [-0.2, 0) is 10.0 Å². The highest BCUT2D eigenvalue weighted by Crippen LogP contribution is 2.33. The van der Waals surface area contributed by atoms with E-state index in [-0.39, 0.29) is 10.9 Å². The summed E-state index contributed by atoms with van der Waals surface area (Å²) in [5.41, 5.74) is 0. The van der Waals surface area contributed by atoms with Gasteiger partial charge in [-0.15, -0.1) is 0 Å². The van der Waals surface area contributed by atoms with Crippen LogP contribution < -0.4 is 9.47 Å². The largest absolute Gasteiger partial charge is 0.490 e. The van der Waals surface area contributed by atoms with E-state index in [1.165, 1.54) is 0 Å². The van der Waals surface area contributed by atoms with Gasteiger partial charge in [0, 0.05) is 18.7 Å². The van der Waals surface area contributed by atoms with Crippen molar-refractivity contribution < 1.29 is 17.9 Å². The molecule has 1 aromatic carbocycles. The number of sulfonamides is 1. The molecule has 1 aliphatic heterocycles. The topological polar surface area (TPSA) is 55.8 Å². The summed E-state index contributed by atoms with van der Waals surface area (Å²) in [6, 6.07) is 4.98. The molecule has 5 nitrogen and oxygen atoms in total. The Labute approximate surface area is 139 Å². The van der Waals surface area contributed by atoms with Crippen LogP contribution >= 0.6 is 0 Å². The summed E-state index contributed by atoms with van der Waals surface area (Å²) >= 11 is 0. The molecule has 0 aliphatic carbocycles. The van der Waals surface area contributed by atoms with Gasteiger partial charge in [-0.2, -0.15) is 4.31 Å². The number of hydrogen-bond acceptors (Lipinski definition) is 4. The van der Waals surface area contributed by atoms with Crippen LogP contribution in [-0.4, -0.2) is 38.5 Å². The first-order chi connectivity index (χ1) is 11.0. The number of piperidine rings is 1. The van der Waals surface area contributed by atoms with E-state index in [0.29, 0.717) is 31.3 Å². The van der Waals surface area contributed by atoms with Gasteiger partial charge in [-0.3, -0.25) is 0 Å². The van der Waals surface area contributed by atoms with Crippen LogP contribution in [0.3, 0.4) is 0 Å². The Kier molecular flexibility index (Phi) is 6.30. The molecule has 0 N–H and O–H groups in total. The van der Waals surface area contributed by atoms with Crippen molar-refractivity contribution in [2.45, 2.75) is 57.4 Å². The van der Waals surface area contributed by atoms with Gasteiger partial charge in [0.15, 0.2) is 11.5 Å². The first-order valence-electron chi connectivity index (χ1n) is 8.46. The van der Waals surface area contributed by atoms with Crippen molar-refractivity contribution >= 4 is 10.0 Å². The Balaban J connectivity index is 2.36. The first kappa shape index (κ1) is 18.1. The lowest BCUT2D eigenvalue weighted by Crippen LogP contribution is -2.43. The van der Waals surface area contributed by atoms with Crippen LogP contribution in [0.1, 0.15) is 46.5 Å². The maximum atomic E-state index is 13.0. The minimum Gasteiger partial charge on any atom is -0.490 e. The molecule has 23 heavy (non-hydrogen) atoms. The van der Waals surface area contributed by atoms with Crippen LogP contribution in [0.4, 0.5) is 0 Å². The first-order valence-corrected chi connectivity index (χ1v) is 9.90. The van der Waals surface area contributed by atoms with E-state index in [4.69, 9.17) is 9.47 Å². The van der Waals surface area contributed by atoms with Gasteiger partial charge in [-0.05, 0) is 45.2 Å². The fourth-order valence-corrected chi connectivity index (χ4v) is 4.81. The average Bonchev–Trinajstić information content (AvgIpc) is 2.56. The Hall–Kier alpha value is -1.27. The molecule has 1 aromatic rings. The molecular formula is C17H27NO4S. The van der Waals surface area contributed by atoms with Crippen molar-refractivity contribution in [3.8, 4) is 11.5 Å². The van der Waals surface area contributed by atoms with Crippen molar-refractivity contribution in [2.24, 2.45) is 0 Å². The number of nitrogens with zero attached hydrogens (tertiary/aromatic N) is 1. The summed E-state index contributed by atoms with van der Waals surface area (Å²) in [5.74, 6) is 1.07. The second kappa shape index (κ2) is 8.02. The summed E-state index contributed by atoms with van der Waals surface area (Å²) in [5, 5.41) is 0. The van der Waals surface area contributed by atoms with E-state index < -0.39 is 10.0 Å². The van der Waals surface area contributed by atoms with E-state index >= 15 is 0 Å². The van der Waals surface area contributed by atoms with E-state index in [9.17, 15) is 8.42 Å². The van der Waals surface area contributed by atoms with Crippen molar-refractivity contribution in [3.05, 3.63) is 18.2 Å². The van der Waals surface area contributed by atoms with Gasteiger partial charge >= 0.3 is 0 Å². The number of ether oxygens (including phenoxy) is 2. The van der Waals surface area contributed by atoms with Gasteiger partial charge in [0.05, 0.1) is 18.1 Å². The molecule has 0 amide bonds. The monoisotopic (exact) mass is 341 g/mol. The summed E-state index contributed by atoms with van der Waals surface area (Å²) in [6.45, 7) is 7.37. The smallest absolute Gasteiger partial charge is 0.243 e. The minimum absolute atomic E-state index is 0.0934. The predicted octanol–water partition coefficient (Wildman–Crippen LogP) is 3.44. The van der Waals surface area contributed by atoms with Gasteiger partial charge in [0.1, 0.15) is 0 Å². The lowest BCUT2D eigenvalue weighted by Gasteiger charge is -2.34. The molecule has 0 saturated carbocycles. The van der Waals surface area contributed by atoms with E-state index in [0.717, 1.165) is 25.7 Å². The predicted molar refractivity (Wildman–Crippen MR) is 90.6 cm³/mol. The zero-order valence-electron chi connectivity index (χ0n) is 14.2. The van der Waals surface area contributed by atoms with Gasteiger partial charge < -0.3 is 9.47 Å². The molecule has 2 rings (SSSR count). The molecule has 0 bridgehead atoms. The van der Waals surface area contributed by atoms with E-state index in [2.05, 4.69) is 0 Å². The minimum atomic E-state index is -3.50. The Morgan fingerprint density at radius 1 is 1.09 bits per heavy atom. The standard InChI is InChI=1S/C17H27NO4S/c1-4-14-9-7-8-12-18(14)23(19,20)15-10-11-16(21-5-2)17(13-15)22-6-3/h10-11,13-14H,4-9,12H2,1-3H3. The van der Waals surface area contributed by atoms with E-state index in [1.54, 1.807) is 22.5 Å². The van der Waals surface area contributed by atoms with Crippen molar-refractivity contribution in [3.63, 3.8) is 0 Å². The van der Waals surface area contributed by atoms with Gasteiger partial charge in [-0.25, -0.2) is 8.42 Å². The number of rotatable bonds is 7. The summed E-state index contributed by atoms with van der Waals surface area (Å²) < 4.78 is 38.7. The molecule has 1 fully saturated rings. The zero-order valence-corrected chi connectivity index (χ0v) is 15.1. The van der Waals surface area contributed by atoms with Crippen LogP contribution in [0.25, 0.3) is 0 Å². The second-order valence-corrected chi connectivity index (χ2v) is 7.54. The van der Waals surface area contributed by atoms with Crippen LogP contribution in [0.15, 0.2) is 23.1 Å². The molecule has 130 valence electrons. The molecule has 6 heteroatoms. The molecule has 0 spiro atoms. The van der Waals surface area contributed by atoms with Crippen LogP contribution in [0.5, 0.6) is 11.5 Å². The Bertz CT molecular complexity index is 615. The fourth-order valence-electron chi connectivity index (χ4n) is 3.03.